The molecule has 296 valence electrons. The number of carbonyl (C=O) groups is 2. The van der Waals surface area contributed by atoms with Gasteiger partial charge in [-0.15, -0.1) is 0 Å². The molecule has 6 heteroatoms. The molecule has 0 unspecified atom stereocenters. The lowest BCUT2D eigenvalue weighted by atomic mass is 10.0. The Morgan fingerprint density at radius 2 is 0.922 bits per heavy atom. The Morgan fingerprint density at radius 3 is 1.45 bits per heavy atom. The van der Waals surface area contributed by atoms with Crippen LogP contribution in [0, 0.1) is 0 Å². The second-order valence-corrected chi connectivity index (χ2v) is 14.3. The minimum Gasteiger partial charge on any atom is -0.463 e. The van der Waals surface area contributed by atoms with Crippen molar-refractivity contribution in [3.05, 3.63) is 48.6 Å². The van der Waals surface area contributed by atoms with Gasteiger partial charge in [0.25, 0.3) is 0 Å². The molecule has 0 amide bonds. The first-order valence-corrected chi connectivity index (χ1v) is 21.3. The van der Waals surface area contributed by atoms with E-state index in [-0.39, 0.29) is 31.6 Å². The van der Waals surface area contributed by atoms with Gasteiger partial charge in [0.05, 0.1) is 6.10 Å². The zero-order valence-electron chi connectivity index (χ0n) is 33.2. The minimum absolute atomic E-state index is 0.147. The van der Waals surface area contributed by atoms with Gasteiger partial charge < -0.3 is 19.7 Å². The molecule has 6 nitrogen and oxygen atoms in total. The Hall–Kier alpha value is -2.18. The molecule has 0 aliphatic carbocycles. The summed E-state index contributed by atoms with van der Waals surface area (Å²) < 4.78 is 10.3. The summed E-state index contributed by atoms with van der Waals surface area (Å²) in [6.45, 7) is 4.16. The zero-order chi connectivity index (χ0) is 37.3. The van der Waals surface area contributed by atoms with Crippen molar-refractivity contribution in [1.29, 1.82) is 0 Å². The SMILES string of the molecule is CCCCC/C=C\C[C@@H](O)/C=C/C=C\C/C=C\CCCC(=O)OC[C@H](O)COC(=O)CCCCCCCCCCCCCCCCCCCCC. The van der Waals surface area contributed by atoms with Crippen molar-refractivity contribution < 1.29 is 29.3 Å². The van der Waals surface area contributed by atoms with E-state index in [0.29, 0.717) is 19.3 Å². The highest BCUT2D eigenvalue weighted by Crippen LogP contribution is 2.15. The van der Waals surface area contributed by atoms with Crippen LogP contribution in [0.4, 0.5) is 0 Å². The Morgan fingerprint density at radius 1 is 0.490 bits per heavy atom. The first-order chi connectivity index (χ1) is 25.0. The molecule has 0 aromatic rings. The van der Waals surface area contributed by atoms with E-state index in [0.717, 1.165) is 38.5 Å². The number of rotatable bonds is 38. The van der Waals surface area contributed by atoms with E-state index in [1.54, 1.807) is 6.08 Å². The second-order valence-electron chi connectivity index (χ2n) is 14.3. The molecule has 0 saturated heterocycles. The van der Waals surface area contributed by atoms with Crippen molar-refractivity contribution in [1.82, 2.24) is 0 Å². The number of carbonyl (C=O) groups excluding carboxylic acids is 2. The fourth-order valence-corrected chi connectivity index (χ4v) is 5.87. The van der Waals surface area contributed by atoms with E-state index in [4.69, 9.17) is 9.47 Å². The normalized spacial score (nSPS) is 13.3. The minimum atomic E-state index is -1.00. The summed E-state index contributed by atoms with van der Waals surface area (Å²) in [6, 6.07) is 0. The average Bonchev–Trinajstić information content (AvgIpc) is 3.13. The van der Waals surface area contributed by atoms with Gasteiger partial charge in [-0.2, -0.15) is 0 Å². The summed E-state index contributed by atoms with van der Waals surface area (Å²) in [7, 11) is 0. The van der Waals surface area contributed by atoms with E-state index < -0.39 is 12.2 Å². The average molecular weight is 717 g/mol. The summed E-state index contributed by atoms with van der Waals surface area (Å²) in [4.78, 5) is 24.0. The molecule has 0 aliphatic heterocycles. The molecular formula is C45H80O6. The number of aliphatic hydroxyl groups is 2. The first kappa shape index (κ1) is 48.8. The molecule has 0 rings (SSSR count). The lowest BCUT2D eigenvalue weighted by molar-refractivity contribution is -0.152. The summed E-state index contributed by atoms with van der Waals surface area (Å²) in [5.74, 6) is -0.661. The number of ether oxygens (including phenoxy) is 2. The fraction of sp³-hybridized carbons (Fsp3) is 0.778. The van der Waals surface area contributed by atoms with Gasteiger partial charge in [-0.1, -0.05) is 191 Å². The Bertz CT molecular complexity index is 876. The Balaban J connectivity index is 3.55. The van der Waals surface area contributed by atoms with Crippen molar-refractivity contribution >= 4 is 11.9 Å². The third-order valence-corrected chi connectivity index (χ3v) is 9.15. The van der Waals surface area contributed by atoms with Gasteiger partial charge in [0.2, 0.25) is 0 Å². The third-order valence-electron chi connectivity index (χ3n) is 9.15. The molecule has 2 N–H and O–H groups in total. The van der Waals surface area contributed by atoms with Crippen LogP contribution in [0.3, 0.4) is 0 Å². The van der Waals surface area contributed by atoms with Crippen LogP contribution in [0.5, 0.6) is 0 Å². The topological polar surface area (TPSA) is 93.1 Å². The van der Waals surface area contributed by atoms with E-state index >= 15 is 0 Å². The van der Waals surface area contributed by atoms with Crippen LogP contribution in [0.25, 0.3) is 0 Å². The maximum Gasteiger partial charge on any atom is 0.305 e. The number of aliphatic hydroxyl groups excluding tert-OH is 2. The lowest BCUT2D eigenvalue weighted by Gasteiger charge is -2.12. The molecular weight excluding hydrogens is 636 g/mol. The highest BCUT2D eigenvalue weighted by molar-refractivity contribution is 5.69. The molecule has 0 aliphatic rings. The van der Waals surface area contributed by atoms with Crippen LogP contribution in [-0.4, -0.2) is 47.6 Å². The second kappa shape index (κ2) is 40.6. The highest BCUT2D eigenvalue weighted by Gasteiger charge is 2.12. The molecule has 0 radical (unpaired) electrons. The van der Waals surface area contributed by atoms with Crippen LogP contribution in [0.1, 0.15) is 200 Å². The maximum atomic E-state index is 12.0. The quantitative estimate of drug-likeness (QED) is 0.0286. The van der Waals surface area contributed by atoms with Crippen LogP contribution in [-0.2, 0) is 19.1 Å². The monoisotopic (exact) mass is 717 g/mol. The third kappa shape index (κ3) is 40.4. The number of allylic oxidation sites excluding steroid dienone is 6. The summed E-state index contributed by atoms with van der Waals surface area (Å²) in [6.07, 6.45) is 47.8. The number of unbranched alkanes of at least 4 members (excludes halogenated alkanes) is 22. The molecule has 2 atom stereocenters. The largest absolute Gasteiger partial charge is 0.463 e. The van der Waals surface area contributed by atoms with Gasteiger partial charge in [-0.3, -0.25) is 9.59 Å². The van der Waals surface area contributed by atoms with Gasteiger partial charge in [-0.05, 0) is 44.9 Å². The number of hydrogen-bond donors (Lipinski definition) is 2. The summed E-state index contributed by atoms with van der Waals surface area (Å²) >= 11 is 0. The van der Waals surface area contributed by atoms with Crippen LogP contribution in [0.15, 0.2) is 48.6 Å². The van der Waals surface area contributed by atoms with Crippen molar-refractivity contribution in [2.24, 2.45) is 0 Å². The standard InChI is InChI=1S/C45H80O6/c1-3-5-7-9-11-12-13-14-15-16-17-18-19-20-21-22-26-30-34-38-44(48)50-40-43(47)41-51-45(49)39-35-31-27-24-23-25-29-33-37-42(46)36-32-28-10-8-6-4-2/h24-25,27-29,32-33,37,42-43,46-47H,3-23,26,30-31,34-36,38-41H2,1-2H3/b27-24-,29-25-,32-28-,37-33+/t42-,43-/m1/s1. The molecule has 0 fully saturated rings. The van der Waals surface area contributed by atoms with E-state index in [1.165, 1.54) is 122 Å². The van der Waals surface area contributed by atoms with Crippen LogP contribution >= 0.6 is 0 Å². The van der Waals surface area contributed by atoms with Gasteiger partial charge >= 0.3 is 11.9 Å². The van der Waals surface area contributed by atoms with E-state index in [1.807, 2.05) is 30.4 Å². The summed E-state index contributed by atoms with van der Waals surface area (Å²) in [5.41, 5.74) is 0. The molecule has 51 heavy (non-hydrogen) atoms. The van der Waals surface area contributed by atoms with Gasteiger partial charge in [0.15, 0.2) is 0 Å². The fourth-order valence-electron chi connectivity index (χ4n) is 5.87. The van der Waals surface area contributed by atoms with Crippen LogP contribution in [0.2, 0.25) is 0 Å². The predicted molar refractivity (Wildman–Crippen MR) is 216 cm³/mol. The van der Waals surface area contributed by atoms with Gasteiger partial charge in [0, 0.05) is 12.8 Å². The molecule has 0 aromatic carbocycles. The van der Waals surface area contributed by atoms with Crippen molar-refractivity contribution in [2.45, 2.75) is 212 Å². The number of hydrogen-bond acceptors (Lipinski definition) is 6. The van der Waals surface area contributed by atoms with E-state index in [9.17, 15) is 19.8 Å². The maximum absolute atomic E-state index is 12.0. The first-order valence-electron chi connectivity index (χ1n) is 21.3. The molecule has 0 heterocycles. The van der Waals surface area contributed by atoms with Crippen molar-refractivity contribution in [3.8, 4) is 0 Å². The molecule has 0 aromatic heterocycles. The molecule has 0 spiro atoms. The van der Waals surface area contributed by atoms with E-state index in [2.05, 4.69) is 26.0 Å². The zero-order valence-corrected chi connectivity index (χ0v) is 33.2. The highest BCUT2D eigenvalue weighted by atomic mass is 16.6. The molecule has 0 saturated carbocycles. The Labute approximate surface area is 314 Å². The Kier molecular flexibility index (Phi) is 38.9. The molecule has 0 bridgehead atoms. The van der Waals surface area contributed by atoms with Crippen LogP contribution < -0.4 is 0 Å². The van der Waals surface area contributed by atoms with Crippen molar-refractivity contribution in [2.75, 3.05) is 13.2 Å². The van der Waals surface area contributed by atoms with Gasteiger partial charge in [0.1, 0.15) is 19.3 Å². The number of esters is 2. The summed E-state index contributed by atoms with van der Waals surface area (Å²) in [5, 5.41) is 20.0. The van der Waals surface area contributed by atoms with Crippen molar-refractivity contribution in [3.63, 3.8) is 0 Å². The predicted octanol–water partition coefficient (Wildman–Crippen LogP) is 12.4. The van der Waals surface area contributed by atoms with Gasteiger partial charge in [-0.25, -0.2) is 0 Å². The lowest BCUT2D eigenvalue weighted by Crippen LogP contribution is -2.25. The smallest absolute Gasteiger partial charge is 0.305 e.